The third kappa shape index (κ3) is 4.84. The number of hydrogen-bond acceptors (Lipinski definition) is 4. The number of piperidine rings is 1. The van der Waals surface area contributed by atoms with Crippen LogP contribution in [0.1, 0.15) is 18.4 Å². The van der Waals surface area contributed by atoms with E-state index in [0.29, 0.717) is 31.0 Å². The number of amides is 1. The van der Waals surface area contributed by atoms with Gasteiger partial charge < -0.3 is 10.1 Å². The van der Waals surface area contributed by atoms with Gasteiger partial charge in [-0.25, -0.2) is 8.42 Å². The molecular formula is C20H23ClN2O4S. The number of nitrogens with zero attached hydrogens (tertiary/aromatic N) is 1. The van der Waals surface area contributed by atoms with Crippen molar-refractivity contribution in [3.05, 3.63) is 59.1 Å². The van der Waals surface area contributed by atoms with Gasteiger partial charge in [0.2, 0.25) is 15.9 Å². The molecule has 1 N–H and O–H groups in total. The summed E-state index contributed by atoms with van der Waals surface area (Å²) < 4.78 is 32.3. The van der Waals surface area contributed by atoms with Crippen LogP contribution in [0.25, 0.3) is 0 Å². The van der Waals surface area contributed by atoms with E-state index in [9.17, 15) is 13.2 Å². The molecule has 28 heavy (non-hydrogen) atoms. The average Bonchev–Trinajstić information content (AvgIpc) is 2.72. The van der Waals surface area contributed by atoms with Gasteiger partial charge in [-0.2, -0.15) is 4.31 Å². The topological polar surface area (TPSA) is 75.7 Å². The van der Waals surface area contributed by atoms with Crippen molar-refractivity contribution in [3.63, 3.8) is 0 Å². The van der Waals surface area contributed by atoms with Gasteiger partial charge in [0.15, 0.2) is 0 Å². The van der Waals surface area contributed by atoms with Gasteiger partial charge in [0.05, 0.1) is 17.9 Å². The number of rotatable bonds is 6. The first-order valence-corrected chi connectivity index (χ1v) is 10.9. The fourth-order valence-corrected chi connectivity index (χ4v) is 4.90. The summed E-state index contributed by atoms with van der Waals surface area (Å²) in [6.45, 7) is 0.954. The Balaban J connectivity index is 1.63. The molecule has 3 rings (SSSR count). The van der Waals surface area contributed by atoms with Crippen molar-refractivity contribution in [2.45, 2.75) is 24.3 Å². The standard InChI is InChI=1S/C20H23ClN2O4S/c1-27-18-6-2-4-15(12-18)13-22-20(24)16-5-3-11-23(14-16)28(25,26)19-9-7-17(21)8-10-19/h2,4,6-10,12,16H,3,5,11,13-14H2,1H3,(H,22,24)/t16-/m0/s1. The number of halogens is 1. The molecular weight excluding hydrogens is 400 g/mol. The fraction of sp³-hybridized carbons (Fsp3) is 0.350. The second kappa shape index (κ2) is 8.94. The zero-order chi connectivity index (χ0) is 20.1. The van der Waals surface area contributed by atoms with E-state index in [0.717, 1.165) is 11.3 Å². The monoisotopic (exact) mass is 422 g/mol. The third-order valence-electron chi connectivity index (χ3n) is 4.81. The Morgan fingerprint density at radius 2 is 2.00 bits per heavy atom. The quantitative estimate of drug-likeness (QED) is 0.776. The molecule has 0 spiro atoms. The van der Waals surface area contributed by atoms with Gasteiger partial charge in [-0.15, -0.1) is 0 Å². The molecule has 0 saturated carbocycles. The summed E-state index contributed by atoms with van der Waals surface area (Å²) in [6.07, 6.45) is 1.31. The van der Waals surface area contributed by atoms with E-state index >= 15 is 0 Å². The fourth-order valence-electron chi connectivity index (χ4n) is 3.25. The van der Waals surface area contributed by atoms with E-state index in [4.69, 9.17) is 16.3 Å². The van der Waals surface area contributed by atoms with Crippen molar-refractivity contribution in [1.29, 1.82) is 0 Å². The van der Waals surface area contributed by atoms with E-state index in [1.165, 1.54) is 16.4 Å². The zero-order valence-electron chi connectivity index (χ0n) is 15.6. The maximum absolute atomic E-state index is 12.9. The van der Waals surface area contributed by atoms with Crippen LogP contribution in [-0.4, -0.2) is 38.8 Å². The van der Waals surface area contributed by atoms with E-state index in [1.807, 2.05) is 24.3 Å². The Labute approximate surface area is 170 Å². The first-order valence-electron chi connectivity index (χ1n) is 9.06. The van der Waals surface area contributed by atoms with Crippen LogP contribution < -0.4 is 10.1 Å². The van der Waals surface area contributed by atoms with Crippen LogP contribution in [0.5, 0.6) is 5.75 Å². The normalized spacial score (nSPS) is 17.9. The summed E-state index contributed by atoms with van der Waals surface area (Å²) in [7, 11) is -2.05. The number of hydrogen-bond donors (Lipinski definition) is 1. The lowest BCUT2D eigenvalue weighted by Crippen LogP contribution is -2.45. The maximum Gasteiger partial charge on any atom is 0.243 e. The predicted octanol–water partition coefficient (Wildman–Crippen LogP) is 3.07. The molecule has 1 amide bonds. The number of benzene rings is 2. The molecule has 0 bridgehead atoms. The number of methoxy groups -OCH3 is 1. The van der Waals surface area contributed by atoms with Crippen molar-refractivity contribution in [2.24, 2.45) is 5.92 Å². The minimum atomic E-state index is -3.64. The van der Waals surface area contributed by atoms with Gasteiger partial charge in [0, 0.05) is 24.7 Å². The third-order valence-corrected chi connectivity index (χ3v) is 6.94. The molecule has 1 aliphatic rings. The molecule has 1 saturated heterocycles. The van der Waals surface area contributed by atoms with Crippen molar-refractivity contribution in [3.8, 4) is 5.75 Å². The minimum absolute atomic E-state index is 0.140. The number of carbonyl (C=O) groups is 1. The van der Waals surface area contributed by atoms with Crippen molar-refractivity contribution in [1.82, 2.24) is 9.62 Å². The highest BCUT2D eigenvalue weighted by molar-refractivity contribution is 7.89. The summed E-state index contributed by atoms with van der Waals surface area (Å²) in [4.78, 5) is 12.8. The van der Waals surface area contributed by atoms with Crippen molar-refractivity contribution < 1.29 is 17.9 Å². The van der Waals surface area contributed by atoms with E-state index < -0.39 is 10.0 Å². The van der Waals surface area contributed by atoms with Gasteiger partial charge in [-0.05, 0) is 54.8 Å². The summed E-state index contributed by atoms with van der Waals surface area (Å²) in [5.41, 5.74) is 0.925. The molecule has 2 aromatic rings. The zero-order valence-corrected chi connectivity index (χ0v) is 17.2. The van der Waals surface area contributed by atoms with Gasteiger partial charge in [0.25, 0.3) is 0 Å². The second-order valence-corrected chi connectivity index (χ2v) is 9.10. The summed E-state index contributed by atoms with van der Waals surface area (Å²) in [5.74, 6) is 0.213. The Kier molecular flexibility index (Phi) is 6.59. The first-order chi connectivity index (χ1) is 13.4. The largest absolute Gasteiger partial charge is 0.497 e. The highest BCUT2D eigenvalue weighted by Gasteiger charge is 2.33. The number of sulfonamides is 1. The Morgan fingerprint density at radius 1 is 1.25 bits per heavy atom. The molecule has 1 heterocycles. The predicted molar refractivity (Wildman–Crippen MR) is 108 cm³/mol. The highest BCUT2D eigenvalue weighted by atomic mass is 35.5. The Hall–Kier alpha value is -2.09. The van der Waals surface area contributed by atoms with Gasteiger partial charge >= 0.3 is 0 Å². The Morgan fingerprint density at radius 3 is 2.71 bits per heavy atom. The number of ether oxygens (including phenoxy) is 1. The highest BCUT2D eigenvalue weighted by Crippen LogP contribution is 2.25. The molecule has 0 aromatic heterocycles. The van der Waals surface area contributed by atoms with Crippen LogP contribution in [0.2, 0.25) is 5.02 Å². The van der Waals surface area contributed by atoms with Crippen molar-refractivity contribution in [2.75, 3.05) is 20.2 Å². The molecule has 1 atom stereocenters. The smallest absolute Gasteiger partial charge is 0.243 e. The van der Waals surface area contributed by atoms with Crippen LogP contribution in [0.4, 0.5) is 0 Å². The minimum Gasteiger partial charge on any atom is -0.497 e. The van der Waals surface area contributed by atoms with Crippen LogP contribution in [0, 0.1) is 5.92 Å². The average molecular weight is 423 g/mol. The van der Waals surface area contributed by atoms with E-state index in [1.54, 1.807) is 19.2 Å². The van der Waals surface area contributed by atoms with Gasteiger partial charge in [-0.1, -0.05) is 23.7 Å². The molecule has 0 unspecified atom stereocenters. The molecule has 0 aliphatic carbocycles. The first kappa shape index (κ1) is 20.6. The lowest BCUT2D eigenvalue weighted by atomic mass is 9.99. The van der Waals surface area contributed by atoms with Crippen LogP contribution in [0.3, 0.4) is 0 Å². The molecule has 6 nitrogen and oxygen atoms in total. The van der Waals surface area contributed by atoms with Gasteiger partial charge in [0.1, 0.15) is 5.75 Å². The lowest BCUT2D eigenvalue weighted by Gasteiger charge is -2.31. The van der Waals surface area contributed by atoms with Crippen LogP contribution in [0.15, 0.2) is 53.4 Å². The molecule has 2 aromatic carbocycles. The summed E-state index contributed by atoms with van der Waals surface area (Å²) >= 11 is 5.85. The van der Waals surface area contributed by atoms with Crippen LogP contribution >= 0.6 is 11.6 Å². The number of nitrogens with one attached hydrogen (secondary N) is 1. The number of carbonyl (C=O) groups excluding carboxylic acids is 1. The van der Waals surface area contributed by atoms with Gasteiger partial charge in [-0.3, -0.25) is 4.79 Å². The SMILES string of the molecule is COc1cccc(CNC(=O)[C@H]2CCCN(S(=O)(=O)c3ccc(Cl)cc3)C2)c1. The molecule has 8 heteroatoms. The lowest BCUT2D eigenvalue weighted by molar-refractivity contribution is -0.126. The summed E-state index contributed by atoms with van der Waals surface area (Å²) in [5, 5.41) is 3.38. The second-order valence-electron chi connectivity index (χ2n) is 6.73. The summed E-state index contributed by atoms with van der Waals surface area (Å²) in [6, 6.07) is 13.6. The molecule has 0 radical (unpaired) electrons. The molecule has 1 fully saturated rings. The maximum atomic E-state index is 12.9. The Bertz CT molecular complexity index is 931. The van der Waals surface area contributed by atoms with Crippen molar-refractivity contribution >= 4 is 27.5 Å². The van der Waals surface area contributed by atoms with Crippen LogP contribution in [-0.2, 0) is 21.4 Å². The van der Waals surface area contributed by atoms with E-state index in [-0.39, 0.29) is 23.3 Å². The molecule has 150 valence electrons. The molecule has 1 aliphatic heterocycles. The van der Waals surface area contributed by atoms with E-state index in [2.05, 4.69) is 5.32 Å².